The highest BCUT2D eigenvalue weighted by Gasteiger charge is 2.34. The molecule has 0 saturated heterocycles. The first-order valence-corrected chi connectivity index (χ1v) is 15.3. The number of aromatic nitrogens is 1. The normalized spacial score (nSPS) is 20.4. The predicted molar refractivity (Wildman–Crippen MR) is 170 cm³/mol. The first kappa shape index (κ1) is 27.1. The zero-order valence-corrected chi connectivity index (χ0v) is 24.0. The van der Waals surface area contributed by atoms with Crippen molar-refractivity contribution in [3.63, 3.8) is 0 Å². The van der Waals surface area contributed by atoms with E-state index in [1.54, 1.807) is 0 Å². The molecule has 2 N–H and O–H groups in total. The quantitative estimate of drug-likeness (QED) is 0.310. The molecule has 8 bridgehead atoms. The zero-order chi connectivity index (χ0) is 27.9. The van der Waals surface area contributed by atoms with Crippen LogP contribution in [0.2, 0.25) is 0 Å². The van der Waals surface area contributed by atoms with E-state index in [0.29, 0.717) is 0 Å². The van der Waals surface area contributed by atoms with Gasteiger partial charge in [-0.05, 0) is 91.3 Å². The third kappa shape index (κ3) is 6.79. The molecule has 0 radical (unpaired) electrons. The molecule has 1 unspecified atom stereocenters. The lowest BCUT2D eigenvalue weighted by atomic mass is 9.87. The standard InChI is InChI=1S/C36H40N4O/c1-2-3-4-5-6-7-8-9-21-41-35-12-10-11-27(22-35)36-20-19-33(40-36)25-32-16-15-29(38-32)23-28-13-14-30(37-28)24-31-17-18-34(26-36)39-31/h10-19,22-26,37,40H,2-9,20-21H2,1H3. The van der Waals surface area contributed by atoms with Crippen LogP contribution in [0.3, 0.4) is 0 Å². The van der Waals surface area contributed by atoms with Gasteiger partial charge in [0.1, 0.15) is 5.75 Å². The lowest BCUT2D eigenvalue weighted by molar-refractivity contribution is 0.303. The van der Waals surface area contributed by atoms with Crippen molar-refractivity contribution < 1.29 is 4.74 Å². The second-order valence-electron chi connectivity index (χ2n) is 11.3. The van der Waals surface area contributed by atoms with Crippen molar-refractivity contribution in [2.45, 2.75) is 70.3 Å². The van der Waals surface area contributed by atoms with Gasteiger partial charge >= 0.3 is 0 Å². The highest BCUT2D eigenvalue weighted by Crippen LogP contribution is 2.37. The van der Waals surface area contributed by atoms with Crippen molar-refractivity contribution in [1.29, 1.82) is 0 Å². The Labute approximate surface area is 243 Å². The molecule has 41 heavy (non-hydrogen) atoms. The van der Waals surface area contributed by atoms with Gasteiger partial charge in [-0.1, -0.05) is 70.1 Å². The summed E-state index contributed by atoms with van der Waals surface area (Å²) in [4.78, 5) is 13.2. The van der Waals surface area contributed by atoms with Crippen LogP contribution in [0.25, 0.3) is 12.2 Å². The van der Waals surface area contributed by atoms with Crippen molar-refractivity contribution >= 4 is 23.6 Å². The number of rotatable bonds is 11. The summed E-state index contributed by atoms with van der Waals surface area (Å²) >= 11 is 0. The lowest BCUT2D eigenvalue weighted by Crippen LogP contribution is -2.35. The number of fused-ring (bicyclic) bond motifs is 6. The Balaban J connectivity index is 1.22. The maximum absolute atomic E-state index is 6.24. The number of nitrogens with one attached hydrogen (secondary N) is 2. The predicted octanol–water partition coefficient (Wildman–Crippen LogP) is 6.67. The molecule has 5 heteroatoms. The second-order valence-corrected chi connectivity index (χ2v) is 11.3. The molecule has 5 nitrogen and oxygen atoms in total. The number of ether oxygens (including phenoxy) is 1. The average molecular weight is 545 g/mol. The molecule has 1 aromatic carbocycles. The molecule has 0 saturated carbocycles. The van der Waals surface area contributed by atoms with Crippen LogP contribution in [0.1, 0.15) is 70.3 Å². The summed E-state index contributed by atoms with van der Waals surface area (Å²) in [6.45, 7) is 3.03. The van der Waals surface area contributed by atoms with Gasteiger partial charge in [0.25, 0.3) is 0 Å². The fourth-order valence-electron chi connectivity index (χ4n) is 5.82. The van der Waals surface area contributed by atoms with E-state index in [2.05, 4.69) is 108 Å². The van der Waals surface area contributed by atoms with Gasteiger partial charge in [0.15, 0.2) is 0 Å². The van der Waals surface area contributed by atoms with E-state index in [1.807, 2.05) is 0 Å². The molecule has 0 aliphatic carbocycles. The van der Waals surface area contributed by atoms with Crippen molar-refractivity contribution in [3.8, 4) is 5.75 Å². The van der Waals surface area contributed by atoms with Gasteiger partial charge in [-0.25, -0.2) is 9.98 Å². The van der Waals surface area contributed by atoms with Gasteiger partial charge in [0.2, 0.25) is 0 Å². The van der Waals surface area contributed by atoms with Gasteiger partial charge < -0.3 is 15.0 Å². The molecule has 0 spiro atoms. The summed E-state index contributed by atoms with van der Waals surface area (Å²) in [7, 11) is 0. The maximum Gasteiger partial charge on any atom is 0.119 e. The van der Waals surface area contributed by atoms with Crippen LogP contribution < -0.4 is 20.8 Å². The Hall–Kier alpha value is -4.12. The Morgan fingerprint density at radius 1 is 0.780 bits per heavy atom. The molecular weight excluding hydrogens is 504 g/mol. The Morgan fingerprint density at radius 2 is 1.49 bits per heavy atom. The number of nitrogens with zero attached hydrogens (tertiary/aromatic N) is 2. The number of hydrogen-bond donors (Lipinski definition) is 2. The van der Waals surface area contributed by atoms with Crippen LogP contribution in [0, 0.1) is 0 Å². The smallest absolute Gasteiger partial charge is 0.119 e. The van der Waals surface area contributed by atoms with Gasteiger partial charge in [0.05, 0.1) is 35.0 Å². The Kier molecular flexibility index (Phi) is 8.31. The summed E-state index contributed by atoms with van der Waals surface area (Å²) in [5.41, 5.74) is 5.54. The maximum atomic E-state index is 6.24. The number of unbranched alkanes of at least 4 members (excludes halogenated alkanes) is 7. The molecule has 5 heterocycles. The van der Waals surface area contributed by atoms with E-state index >= 15 is 0 Å². The zero-order valence-electron chi connectivity index (χ0n) is 24.0. The molecule has 0 amide bonds. The van der Waals surface area contributed by atoms with Crippen molar-refractivity contribution in [2.75, 3.05) is 6.61 Å². The average Bonchev–Trinajstić information content (AvgIpc) is 3.78. The second kappa shape index (κ2) is 12.6. The van der Waals surface area contributed by atoms with E-state index in [9.17, 15) is 0 Å². The molecule has 0 fully saturated rings. The number of allylic oxidation sites excluding steroid dienone is 5. The molecule has 2 aromatic rings. The number of hydrogen-bond acceptors (Lipinski definition) is 4. The molecule has 210 valence electrons. The largest absolute Gasteiger partial charge is 0.494 e. The van der Waals surface area contributed by atoms with E-state index in [4.69, 9.17) is 14.7 Å². The van der Waals surface area contributed by atoms with E-state index in [0.717, 1.165) is 64.4 Å². The van der Waals surface area contributed by atoms with Gasteiger partial charge in [-0.2, -0.15) is 0 Å². The van der Waals surface area contributed by atoms with E-state index in [1.165, 1.54) is 50.5 Å². The van der Waals surface area contributed by atoms with Crippen LogP contribution >= 0.6 is 0 Å². The van der Waals surface area contributed by atoms with Crippen molar-refractivity contribution in [3.05, 3.63) is 112 Å². The Morgan fingerprint density at radius 3 is 2.27 bits per heavy atom. The SMILES string of the molecule is CCCCCCCCCCOc1cccc(C23C=C4C=CC(=N4)C=c4ccc([nH]4)=CC4=NC(=CC(=CC2)N3)C=C4)c1. The van der Waals surface area contributed by atoms with Crippen molar-refractivity contribution in [1.82, 2.24) is 10.3 Å². The summed E-state index contributed by atoms with van der Waals surface area (Å²) in [5, 5.41) is 5.86. The van der Waals surface area contributed by atoms with Gasteiger partial charge in [-0.3, -0.25) is 0 Å². The number of benzene rings is 1. The third-order valence-corrected chi connectivity index (χ3v) is 8.03. The van der Waals surface area contributed by atoms with Crippen LogP contribution in [-0.2, 0) is 5.54 Å². The monoisotopic (exact) mass is 544 g/mol. The lowest BCUT2D eigenvalue weighted by Gasteiger charge is -2.29. The topological polar surface area (TPSA) is 61.8 Å². The summed E-state index contributed by atoms with van der Waals surface area (Å²) < 4.78 is 6.24. The van der Waals surface area contributed by atoms with Crippen LogP contribution in [-0.4, -0.2) is 23.0 Å². The summed E-state index contributed by atoms with van der Waals surface area (Å²) in [6, 6.07) is 12.7. The first-order chi connectivity index (χ1) is 20.2. The minimum absolute atomic E-state index is 0.430. The molecule has 4 aliphatic heterocycles. The van der Waals surface area contributed by atoms with Crippen molar-refractivity contribution in [2.24, 2.45) is 9.98 Å². The Bertz CT molecular complexity index is 1610. The van der Waals surface area contributed by atoms with Crippen LogP contribution in [0.15, 0.2) is 106 Å². The highest BCUT2D eigenvalue weighted by molar-refractivity contribution is 6.20. The van der Waals surface area contributed by atoms with Crippen LogP contribution in [0.4, 0.5) is 0 Å². The van der Waals surface area contributed by atoms with E-state index in [-0.39, 0.29) is 0 Å². The molecule has 1 aromatic heterocycles. The van der Waals surface area contributed by atoms with E-state index < -0.39 is 5.54 Å². The molecule has 4 aliphatic rings. The minimum Gasteiger partial charge on any atom is -0.494 e. The third-order valence-electron chi connectivity index (χ3n) is 8.03. The fourth-order valence-corrected chi connectivity index (χ4v) is 5.82. The number of aromatic amines is 1. The molecule has 1 atom stereocenters. The fraction of sp³-hybridized carbons (Fsp3) is 0.333. The number of aliphatic imine (C=N–C) groups is 2. The van der Waals surface area contributed by atoms with Crippen LogP contribution in [0.5, 0.6) is 5.75 Å². The molecular formula is C36H40N4O. The first-order valence-electron chi connectivity index (χ1n) is 15.3. The van der Waals surface area contributed by atoms with Gasteiger partial charge in [-0.15, -0.1) is 0 Å². The summed E-state index contributed by atoms with van der Waals surface area (Å²) in [6.07, 6.45) is 30.3. The highest BCUT2D eigenvalue weighted by atomic mass is 16.5. The minimum atomic E-state index is -0.430. The van der Waals surface area contributed by atoms with Gasteiger partial charge in [0, 0.05) is 16.4 Å². The molecule has 6 rings (SSSR count). The number of H-pyrrole nitrogens is 1. The summed E-state index contributed by atoms with van der Waals surface area (Å²) in [5.74, 6) is 0.921.